The third-order valence-corrected chi connectivity index (χ3v) is 4.10. The molecule has 0 aromatic carbocycles. The first-order valence-corrected chi connectivity index (χ1v) is 6.90. The number of hydrazine groups is 1. The highest BCUT2D eigenvalue weighted by Crippen LogP contribution is 2.24. The molecule has 106 valence electrons. The summed E-state index contributed by atoms with van der Waals surface area (Å²) >= 11 is 6.20. The van der Waals surface area contributed by atoms with Crippen molar-refractivity contribution in [3.05, 3.63) is 22.8 Å². The van der Waals surface area contributed by atoms with Crippen molar-refractivity contribution >= 4 is 17.4 Å². The van der Waals surface area contributed by atoms with Crippen molar-refractivity contribution in [3.63, 3.8) is 0 Å². The molecule has 1 aromatic rings. The van der Waals surface area contributed by atoms with Crippen molar-refractivity contribution < 1.29 is 0 Å². The van der Waals surface area contributed by atoms with Gasteiger partial charge in [0.2, 0.25) is 0 Å². The van der Waals surface area contributed by atoms with Crippen LogP contribution in [0.1, 0.15) is 12.6 Å². The first kappa shape index (κ1) is 14.5. The minimum atomic E-state index is 0.592. The van der Waals surface area contributed by atoms with Gasteiger partial charge in [-0.15, -0.1) is 0 Å². The molecule has 2 heterocycles. The van der Waals surface area contributed by atoms with E-state index in [-0.39, 0.29) is 0 Å². The zero-order valence-corrected chi connectivity index (χ0v) is 12.5. The summed E-state index contributed by atoms with van der Waals surface area (Å²) in [5, 5.41) is 0.694. The number of hydrogen-bond acceptors (Lipinski definition) is 5. The Hall–Kier alpha value is -0.880. The Labute approximate surface area is 119 Å². The molecular weight excluding hydrogens is 262 g/mol. The highest BCUT2D eigenvalue weighted by atomic mass is 35.5. The third kappa shape index (κ3) is 3.36. The number of aromatic nitrogens is 1. The van der Waals surface area contributed by atoms with Gasteiger partial charge in [0.1, 0.15) is 5.82 Å². The molecule has 1 aromatic heterocycles. The van der Waals surface area contributed by atoms with Crippen LogP contribution in [0, 0.1) is 5.92 Å². The molecule has 0 amide bonds. The van der Waals surface area contributed by atoms with Gasteiger partial charge in [-0.2, -0.15) is 0 Å². The van der Waals surface area contributed by atoms with E-state index in [2.05, 4.69) is 41.2 Å². The number of nitrogen functional groups attached to an aromatic ring is 1. The van der Waals surface area contributed by atoms with Gasteiger partial charge < -0.3 is 10.3 Å². The van der Waals surface area contributed by atoms with Crippen LogP contribution in [0.3, 0.4) is 0 Å². The summed E-state index contributed by atoms with van der Waals surface area (Å²) < 4.78 is 0. The number of nitrogens with two attached hydrogens (primary N) is 1. The Kier molecular flexibility index (Phi) is 4.62. The zero-order chi connectivity index (χ0) is 14.0. The Morgan fingerprint density at radius 3 is 2.79 bits per heavy atom. The quantitative estimate of drug-likeness (QED) is 0.646. The third-order valence-electron chi connectivity index (χ3n) is 3.75. The van der Waals surface area contributed by atoms with Crippen molar-refractivity contribution in [3.8, 4) is 0 Å². The minimum absolute atomic E-state index is 0.592. The molecular formula is C13H22ClN5. The average Bonchev–Trinajstić information content (AvgIpc) is 2.73. The second-order valence-electron chi connectivity index (χ2n) is 5.47. The van der Waals surface area contributed by atoms with Gasteiger partial charge in [0.25, 0.3) is 0 Å². The van der Waals surface area contributed by atoms with Crippen LogP contribution in [-0.4, -0.2) is 48.0 Å². The van der Waals surface area contributed by atoms with Gasteiger partial charge in [-0.1, -0.05) is 18.5 Å². The molecule has 1 fully saturated rings. The topological polar surface area (TPSA) is 57.4 Å². The van der Waals surface area contributed by atoms with E-state index in [0.29, 0.717) is 22.8 Å². The van der Waals surface area contributed by atoms with Crippen LogP contribution in [0.25, 0.3) is 0 Å². The number of nitrogens with one attached hydrogen (secondary N) is 1. The van der Waals surface area contributed by atoms with E-state index < -0.39 is 0 Å². The first-order chi connectivity index (χ1) is 9.01. The van der Waals surface area contributed by atoms with Gasteiger partial charge in [-0.25, -0.2) is 10.8 Å². The molecule has 0 bridgehead atoms. The van der Waals surface area contributed by atoms with E-state index >= 15 is 0 Å². The van der Waals surface area contributed by atoms with Crippen molar-refractivity contribution in [2.45, 2.75) is 19.5 Å². The maximum Gasteiger partial charge on any atom is 0.140 e. The number of likely N-dealkylation sites (N-methyl/N-ethyl adjacent to an activating group) is 1. The maximum absolute atomic E-state index is 6.20. The molecule has 0 saturated carbocycles. The summed E-state index contributed by atoms with van der Waals surface area (Å²) in [7, 11) is 4.27. The summed E-state index contributed by atoms with van der Waals surface area (Å²) in [6, 6.07) is 4.21. The lowest BCUT2D eigenvalue weighted by molar-refractivity contribution is 0.249. The lowest BCUT2D eigenvalue weighted by atomic mass is 10.1. The van der Waals surface area contributed by atoms with Gasteiger partial charge in [0.05, 0.1) is 10.7 Å². The molecule has 0 aliphatic carbocycles. The predicted molar refractivity (Wildman–Crippen MR) is 79.0 cm³/mol. The second kappa shape index (κ2) is 6.05. The largest absolute Gasteiger partial charge is 0.308 e. The molecule has 0 radical (unpaired) electrons. The number of rotatable bonds is 4. The maximum atomic E-state index is 6.20. The lowest BCUT2D eigenvalue weighted by Crippen LogP contribution is -2.34. The number of anilines is 1. The lowest BCUT2D eigenvalue weighted by Gasteiger charge is -2.22. The number of nitrogens with zero attached hydrogens (tertiary/aromatic N) is 3. The van der Waals surface area contributed by atoms with Crippen LogP contribution in [-0.2, 0) is 6.54 Å². The Morgan fingerprint density at radius 1 is 1.47 bits per heavy atom. The van der Waals surface area contributed by atoms with Gasteiger partial charge >= 0.3 is 0 Å². The highest BCUT2D eigenvalue weighted by molar-refractivity contribution is 6.31. The fourth-order valence-electron chi connectivity index (χ4n) is 2.74. The molecule has 2 unspecified atom stereocenters. The van der Waals surface area contributed by atoms with Crippen molar-refractivity contribution in [2.24, 2.45) is 11.8 Å². The molecule has 1 aliphatic heterocycles. The fraction of sp³-hybridized carbons (Fsp3) is 0.615. The molecule has 2 atom stereocenters. The first-order valence-electron chi connectivity index (χ1n) is 6.52. The van der Waals surface area contributed by atoms with Gasteiger partial charge in [0.15, 0.2) is 0 Å². The summed E-state index contributed by atoms with van der Waals surface area (Å²) in [6.07, 6.45) is 0. The fourth-order valence-corrected chi connectivity index (χ4v) is 2.90. The number of halogens is 1. The molecule has 1 saturated heterocycles. The highest BCUT2D eigenvalue weighted by Gasteiger charge is 2.31. The molecule has 2 rings (SSSR count). The Morgan fingerprint density at radius 2 is 2.21 bits per heavy atom. The molecule has 5 nitrogen and oxygen atoms in total. The van der Waals surface area contributed by atoms with E-state index in [1.165, 1.54) is 0 Å². The smallest absolute Gasteiger partial charge is 0.140 e. The van der Waals surface area contributed by atoms with Crippen molar-refractivity contribution in [2.75, 3.05) is 32.6 Å². The van der Waals surface area contributed by atoms with Crippen LogP contribution < -0.4 is 11.3 Å². The monoisotopic (exact) mass is 283 g/mol. The Bertz CT molecular complexity index is 437. The zero-order valence-electron chi connectivity index (χ0n) is 11.7. The molecule has 0 spiro atoms. The molecule has 6 heteroatoms. The Balaban J connectivity index is 2.06. The number of likely N-dealkylation sites (tertiary alicyclic amines) is 1. The number of pyridine rings is 1. The van der Waals surface area contributed by atoms with E-state index in [1.807, 2.05) is 6.07 Å². The summed E-state index contributed by atoms with van der Waals surface area (Å²) in [4.78, 5) is 9.11. The van der Waals surface area contributed by atoms with E-state index in [0.717, 1.165) is 25.3 Å². The van der Waals surface area contributed by atoms with Crippen molar-refractivity contribution in [1.29, 1.82) is 0 Å². The minimum Gasteiger partial charge on any atom is -0.308 e. The summed E-state index contributed by atoms with van der Waals surface area (Å²) in [5.74, 6) is 6.69. The van der Waals surface area contributed by atoms with Crippen molar-refractivity contribution in [1.82, 2.24) is 14.8 Å². The standard InChI is InChI=1S/C13H22ClN5/c1-9-6-19(8-12(9)18(2)3)7-11-10(14)4-5-13(16-11)17-15/h4-5,9,12H,6-8,15H2,1-3H3,(H,16,17). The van der Waals surface area contributed by atoms with E-state index in [1.54, 1.807) is 6.07 Å². The van der Waals surface area contributed by atoms with Crippen LogP contribution in [0.15, 0.2) is 12.1 Å². The normalized spacial score (nSPS) is 24.1. The van der Waals surface area contributed by atoms with Crippen LogP contribution >= 0.6 is 11.6 Å². The second-order valence-corrected chi connectivity index (χ2v) is 5.88. The molecule has 19 heavy (non-hydrogen) atoms. The summed E-state index contributed by atoms with van der Waals surface area (Å²) in [5.41, 5.74) is 3.44. The van der Waals surface area contributed by atoms with Crippen LogP contribution in [0.5, 0.6) is 0 Å². The molecule has 1 aliphatic rings. The van der Waals surface area contributed by atoms with E-state index in [9.17, 15) is 0 Å². The van der Waals surface area contributed by atoms with Crippen LogP contribution in [0.4, 0.5) is 5.82 Å². The SMILES string of the molecule is CC1CN(Cc2nc(NN)ccc2Cl)CC1N(C)C. The average molecular weight is 284 g/mol. The molecule has 3 N–H and O–H groups in total. The van der Waals surface area contributed by atoms with Crippen LogP contribution in [0.2, 0.25) is 5.02 Å². The predicted octanol–water partition coefficient (Wildman–Crippen LogP) is 1.40. The van der Waals surface area contributed by atoms with Gasteiger partial charge in [-0.3, -0.25) is 4.90 Å². The van der Waals surface area contributed by atoms with E-state index in [4.69, 9.17) is 17.4 Å². The number of hydrogen-bond donors (Lipinski definition) is 2. The summed E-state index contributed by atoms with van der Waals surface area (Å²) in [6.45, 7) is 5.17. The van der Waals surface area contributed by atoms with Gasteiger partial charge in [-0.05, 0) is 32.1 Å². The van der Waals surface area contributed by atoms with Gasteiger partial charge in [0, 0.05) is 25.7 Å².